The van der Waals surface area contributed by atoms with Crippen LogP contribution in [0.2, 0.25) is 0 Å². The fourth-order valence-corrected chi connectivity index (χ4v) is 0.799. The molecule has 0 bridgehead atoms. The number of nitrogens with zero attached hydrogens (tertiary/aromatic N) is 1. The first-order chi connectivity index (χ1) is 4.43. The predicted octanol–water partition coefficient (Wildman–Crippen LogP) is 1.59. The van der Waals surface area contributed by atoms with Crippen LogP contribution in [0.5, 0.6) is 0 Å². The van der Waals surface area contributed by atoms with Gasteiger partial charge in [0.15, 0.2) is 5.89 Å². The maximum absolute atomic E-state index is 4.96. The van der Waals surface area contributed by atoms with Crippen LogP contribution in [0.4, 0.5) is 0 Å². The van der Waals surface area contributed by atoms with Gasteiger partial charge in [-0.15, -0.1) is 0 Å². The van der Waals surface area contributed by atoms with Crippen molar-refractivity contribution in [3.05, 3.63) is 24.8 Å². The van der Waals surface area contributed by atoms with Crippen molar-refractivity contribution in [2.45, 2.75) is 0 Å². The van der Waals surface area contributed by atoms with Crippen LogP contribution in [-0.4, -0.2) is 17.0 Å². The summed E-state index contributed by atoms with van der Waals surface area (Å²) >= 11 is 1.74. The van der Waals surface area contributed by atoms with Crippen molar-refractivity contribution in [1.29, 1.82) is 0 Å². The monoisotopic (exact) mass is 142 g/mol. The number of oxazole rings is 1. The summed E-state index contributed by atoms with van der Waals surface area (Å²) in [7, 11) is 0. The van der Waals surface area contributed by atoms with Gasteiger partial charge in [-0.1, -0.05) is 0 Å². The topological polar surface area (TPSA) is 26.0 Å². The summed E-state index contributed by atoms with van der Waals surface area (Å²) in [5.41, 5.74) is 0. The molecule has 0 spiro atoms. The molecule has 1 aromatic heterocycles. The zero-order valence-corrected chi connectivity index (χ0v) is 6.02. The molecule has 0 amide bonds. The fraction of sp³-hybridized carbons (Fsp3) is 0.333. The average Bonchev–Trinajstić information content (AvgIpc) is 2.34. The Hall–Kier alpha value is -0.440. The number of aromatic nitrogens is 1. The normalized spacial score (nSPS) is 9.89. The minimum Gasteiger partial charge on any atom is -0.449 e. The van der Waals surface area contributed by atoms with Crippen molar-refractivity contribution in [2.75, 3.05) is 12.0 Å². The molecule has 1 radical (unpaired) electrons. The average molecular weight is 142 g/mol. The maximum atomic E-state index is 4.96. The summed E-state index contributed by atoms with van der Waals surface area (Å²) in [6.07, 6.45) is 7.21. The van der Waals surface area contributed by atoms with E-state index in [0.29, 0.717) is 5.89 Å². The van der Waals surface area contributed by atoms with Gasteiger partial charge >= 0.3 is 0 Å². The lowest BCUT2D eigenvalue weighted by Crippen LogP contribution is -1.82. The number of hydrogen-bond acceptors (Lipinski definition) is 3. The molecule has 0 unspecified atom stereocenters. The summed E-state index contributed by atoms with van der Waals surface area (Å²) < 4.78 is 4.96. The largest absolute Gasteiger partial charge is 0.449 e. The first-order valence-corrected chi connectivity index (χ1v) is 4.04. The first kappa shape index (κ1) is 6.68. The Morgan fingerprint density at radius 2 is 2.78 bits per heavy atom. The third-order valence-corrected chi connectivity index (χ3v) is 1.38. The Kier molecular flexibility index (Phi) is 2.64. The minimum atomic E-state index is 0.712. The Morgan fingerprint density at radius 3 is 3.33 bits per heavy atom. The highest BCUT2D eigenvalue weighted by Crippen LogP contribution is 2.02. The highest BCUT2D eigenvalue weighted by Gasteiger charge is 1.94. The summed E-state index contributed by atoms with van der Waals surface area (Å²) in [4.78, 5) is 3.92. The molecule has 2 nitrogen and oxygen atoms in total. The first-order valence-electron chi connectivity index (χ1n) is 2.65. The second-order valence-corrected chi connectivity index (χ2v) is 2.44. The van der Waals surface area contributed by atoms with Crippen LogP contribution < -0.4 is 0 Å². The molecule has 9 heavy (non-hydrogen) atoms. The zero-order chi connectivity index (χ0) is 6.53. The zero-order valence-electron chi connectivity index (χ0n) is 5.20. The van der Waals surface area contributed by atoms with Crippen LogP contribution in [0.3, 0.4) is 0 Å². The molecule has 0 aromatic carbocycles. The third kappa shape index (κ3) is 2.10. The van der Waals surface area contributed by atoms with Gasteiger partial charge < -0.3 is 4.42 Å². The summed E-state index contributed by atoms with van der Waals surface area (Å²) in [6.45, 7) is 0. The van der Waals surface area contributed by atoms with E-state index in [1.807, 2.05) is 12.7 Å². The molecule has 49 valence electrons. The molecule has 1 rings (SSSR count). The minimum absolute atomic E-state index is 0.712. The molecule has 0 aliphatic carbocycles. The molecular formula is C6H8NOS. The van der Waals surface area contributed by atoms with Crippen molar-refractivity contribution in [3.63, 3.8) is 0 Å². The van der Waals surface area contributed by atoms with Crippen molar-refractivity contribution in [1.82, 2.24) is 4.98 Å². The highest BCUT2D eigenvalue weighted by molar-refractivity contribution is 7.98. The van der Waals surface area contributed by atoms with Gasteiger partial charge in [0, 0.05) is 5.75 Å². The van der Waals surface area contributed by atoms with Crippen LogP contribution in [0.25, 0.3) is 0 Å². The van der Waals surface area contributed by atoms with E-state index in [9.17, 15) is 0 Å². The van der Waals surface area contributed by atoms with Crippen LogP contribution in [0.1, 0.15) is 5.89 Å². The number of rotatable bonds is 3. The molecule has 0 aliphatic heterocycles. The van der Waals surface area contributed by atoms with E-state index in [2.05, 4.69) is 4.98 Å². The van der Waals surface area contributed by atoms with E-state index in [0.717, 1.165) is 5.75 Å². The van der Waals surface area contributed by atoms with Gasteiger partial charge in [0.25, 0.3) is 0 Å². The van der Waals surface area contributed by atoms with Crippen LogP contribution in [0, 0.1) is 6.42 Å². The molecule has 1 aromatic rings. The van der Waals surface area contributed by atoms with E-state index in [4.69, 9.17) is 4.42 Å². The predicted molar refractivity (Wildman–Crippen MR) is 38.3 cm³/mol. The van der Waals surface area contributed by atoms with E-state index in [1.54, 1.807) is 24.2 Å². The second kappa shape index (κ2) is 3.56. The van der Waals surface area contributed by atoms with Gasteiger partial charge in [-0.3, -0.25) is 0 Å². The standard InChI is InChI=1S/C6H8NOS/c1-9-5-2-6-7-3-4-8-6/h2-4H,5H2,1H3. The van der Waals surface area contributed by atoms with E-state index >= 15 is 0 Å². The lowest BCUT2D eigenvalue weighted by atomic mass is 10.5. The molecule has 0 N–H and O–H groups in total. The van der Waals surface area contributed by atoms with Crippen molar-refractivity contribution in [3.8, 4) is 0 Å². The van der Waals surface area contributed by atoms with Crippen LogP contribution in [-0.2, 0) is 0 Å². The smallest absolute Gasteiger partial charge is 0.198 e. The van der Waals surface area contributed by atoms with Gasteiger partial charge in [0.1, 0.15) is 6.26 Å². The maximum Gasteiger partial charge on any atom is 0.198 e. The van der Waals surface area contributed by atoms with E-state index in [-0.39, 0.29) is 0 Å². The summed E-state index contributed by atoms with van der Waals surface area (Å²) in [5, 5.41) is 0. The van der Waals surface area contributed by atoms with Crippen molar-refractivity contribution in [2.24, 2.45) is 0 Å². The fourth-order valence-electron chi connectivity index (χ4n) is 0.490. The quantitative estimate of drug-likeness (QED) is 0.641. The molecule has 3 heteroatoms. The Bertz CT molecular complexity index is 150. The lowest BCUT2D eigenvalue weighted by Gasteiger charge is -1.88. The van der Waals surface area contributed by atoms with Crippen molar-refractivity contribution < 1.29 is 4.42 Å². The van der Waals surface area contributed by atoms with E-state index in [1.165, 1.54) is 0 Å². The molecule has 0 saturated heterocycles. The lowest BCUT2D eigenvalue weighted by molar-refractivity contribution is 0.529. The van der Waals surface area contributed by atoms with Crippen LogP contribution in [0.15, 0.2) is 16.9 Å². The molecule has 0 saturated carbocycles. The number of thioether (sulfide) groups is 1. The molecule has 0 aliphatic rings. The van der Waals surface area contributed by atoms with Gasteiger partial charge in [-0.2, -0.15) is 11.8 Å². The highest BCUT2D eigenvalue weighted by atomic mass is 32.2. The molecule has 0 atom stereocenters. The van der Waals surface area contributed by atoms with Crippen LogP contribution >= 0.6 is 11.8 Å². The van der Waals surface area contributed by atoms with Gasteiger partial charge in [-0.05, 0) is 6.26 Å². The SMILES string of the molecule is CSC[CH]c1ncco1. The summed E-state index contributed by atoms with van der Waals surface area (Å²) in [6, 6.07) is 0. The summed E-state index contributed by atoms with van der Waals surface area (Å²) in [5.74, 6) is 1.67. The number of hydrogen-bond donors (Lipinski definition) is 0. The third-order valence-electron chi connectivity index (χ3n) is 0.876. The van der Waals surface area contributed by atoms with Gasteiger partial charge in [0.05, 0.1) is 12.6 Å². The van der Waals surface area contributed by atoms with E-state index < -0.39 is 0 Å². The van der Waals surface area contributed by atoms with Gasteiger partial charge in [-0.25, -0.2) is 4.98 Å². The molecule has 1 heterocycles. The molecular weight excluding hydrogens is 134 g/mol. The Labute approximate surface area is 58.7 Å². The molecule has 0 fully saturated rings. The Balaban J connectivity index is 2.30. The van der Waals surface area contributed by atoms with Gasteiger partial charge in [0.2, 0.25) is 0 Å². The Morgan fingerprint density at radius 1 is 1.89 bits per heavy atom. The van der Waals surface area contributed by atoms with Crippen molar-refractivity contribution >= 4 is 11.8 Å². The second-order valence-electron chi connectivity index (χ2n) is 1.53.